The van der Waals surface area contributed by atoms with Crippen LogP contribution in [-0.2, 0) is 4.79 Å². The number of nitrogens with zero attached hydrogens (tertiary/aromatic N) is 1. The first kappa shape index (κ1) is 14.4. The molecule has 0 spiro atoms. The predicted molar refractivity (Wildman–Crippen MR) is 81.2 cm³/mol. The van der Waals surface area contributed by atoms with Crippen molar-refractivity contribution in [3.8, 4) is 0 Å². The van der Waals surface area contributed by atoms with Crippen LogP contribution in [0.1, 0.15) is 71.1 Å². The highest BCUT2D eigenvalue weighted by atomic mass is 16.2. The second-order valence-electron chi connectivity index (χ2n) is 7.55. The summed E-state index contributed by atoms with van der Waals surface area (Å²) in [5.41, 5.74) is 6.17. The zero-order valence-corrected chi connectivity index (χ0v) is 12.9. The Balaban J connectivity index is 1.66. The summed E-state index contributed by atoms with van der Waals surface area (Å²) < 4.78 is 0. The van der Waals surface area contributed by atoms with Crippen LogP contribution < -0.4 is 5.73 Å². The molecule has 1 unspecified atom stereocenters. The molecule has 3 heteroatoms. The third-order valence-corrected chi connectivity index (χ3v) is 5.84. The van der Waals surface area contributed by atoms with Crippen molar-refractivity contribution >= 4 is 5.91 Å². The number of carbonyl (C=O) groups excluding carboxylic acids is 1. The van der Waals surface area contributed by atoms with Crippen molar-refractivity contribution in [1.29, 1.82) is 0 Å². The maximum atomic E-state index is 12.9. The van der Waals surface area contributed by atoms with Crippen molar-refractivity contribution in [2.75, 3.05) is 6.54 Å². The first-order valence-corrected chi connectivity index (χ1v) is 8.66. The van der Waals surface area contributed by atoms with Gasteiger partial charge in [-0.1, -0.05) is 19.3 Å². The zero-order valence-electron chi connectivity index (χ0n) is 12.9. The lowest BCUT2D eigenvalue weighted by atomic mass is 9.71. The molecule has 0 radical (unpaired) electrons. The fourth-order valence-corrected chi connectivity index (χ4v) is 4.09. The van der Waals surface area contributed by atoms with Crippen LogP contribution in [0.5, 0.6) is 0 Å². The number of hydrogen-bond donors (Lipinski definition) is 1. The van der Waals surface area contributed by atoms with Crippen molar-refractivity contribution in [2.24, 2.45) is 17.1 Å². The summed E-state index contributed by atoms with van der Waals surface area (Å²) in [6.45, 7) is 2.96. The second-order valence-corrected chi connectivity index (χ2v) is 7.55. The summed E-state index contributed by atoms with van der Waals surface area (Å²) in [4.78, 5) is 15.2. The van der Waals surface area contributed by atoms with Crippen LogP contribution >= 0.6 is 0 Å². The summed E-state index contributed by atoms with van der Waals surface area (Å²) in [6.07, 6.45) is 11.9. The molecule has 0 heterocycles. The molecule has 0 aromatic heterocycles. The molecule has 3 nitrogen and oxygen atoms in total. The van der Waals surface area contributed by atoms with Gasteiger partial charge in [0.15, 0.2) is 0 Å². The maximum Gasteiger partial charge on any atom is 0.223 e. The Morgan fingerprint density at radius 1 is 1.20 bits per heavy atom. The minimum absolute atomic E-state index is 0.117. The van der Waals surface area contributed by atoms with E-state index in [4.69, 9.17) is 5.73 Å². The molecule has 0 bridgehead atoms. The summed E-state index contributed by atoms with van der Waals surface area (Å²) in [5.74, 6) is 1.18. The summed E-state index contributed by atoms with van der Waals surface area (Å²) in [5, 5.41) is 0. The van der Waals surface area contributed by atoms with Gasteiger partial charge in [-0.25, -0.2) is 0 Å². The lowest BCUT2D eigenvalue weighted by Crippen LogP contribution is -2.45. The summed E-state index contributed by atoms with van der Waals surface area (Å²) in [6, 6.07) is 1.02. The van der Waals surface area contributed by atoms with Crippen LogP contribution in [0.25, 0.3) is 0 Å². The van der Waals surface area contributed by atoms with Crippen molar-refractivity contribution < 1.29 is 4.79 Å². The van der Waals surface area contributed by atoms with E-state index in [9.17, 15) is 4.79 Å². The van der Waals surface area contributed by atoms with Crippen LogP contribution in [-0.4, -0.2) is 29.4 Å². The summed E-state index contributed by atoms with van der Waals surface area (Å²) >= 11 is 0. The number of nitrogens with two attached hydrogens (primary N) is 1. The van der Waals surface area contributed by atoms with Gasteiger partial charge in [0.25, 0.3) is 0 Å². The largest absolute Gasteiger partial charge is 0.337 e. The SMILES string of the molecule is CC(C1CC1)N(C(=O)CC1(CN)CCCCC1)C1CC1. The molecule has 3 aliphatic carbocycles. The molecule has 1 amide bonds. The van der Waals surface area contributed by atoms with E-state index in [0.717, 1.165) is 18.8 Å². The fraction of sp³-hybridized carbons (Fsp3) is 0.941. The Morgan fingerprint density at radius 2 is 1.85 bits per heavy atom. The predicted octanol–water partition coefficient (Wildman–Crippen LogP) is 3.08. The third kappa shape index (κ3) is 3.03. The molecule has 0 aromatic rings. The van der Waals surface area contributed by atoms with Gasteiger partial charge < -0.3 is 10.6 Å². The number of rotatable bonds is 6. The highest BCUT2D eigenvalue weighted by Gasteiger charge is 2.43. The molecular weight excluding hydrogens is 248 g/mol. The van der Waals surface area contributed by atoms with Gasteiger partial charge in [0.05, 0.1) is 0 Å². The lowest BCUT2D eigenvalue weighted by Gasteiger charge is -2.39. The molecule has 20 heavy (non-hydrogen) atoms. The average Bonchev–Trinajstić information content (AvgIpc) is 3.31. The van der Waals surface area contributed by atoms with Crippen molar-refractivity contribution in [3.05, 3.63) is 0 Å². The van der Waals surface area contributed by atoms with Crippen molar-refractivity contribution in [2.45, 2.75) is 83.2 Å². The van der Waals surface area contributed by atoms with E-state index in [1.54, 1.807) is 0 Å². The van der Waals surface area contributed by atoms with Crippen molar-refractivity contribution in [1.82, 2.24) is 4.90 Å². The molecular formula is C17H30N2O. The fourth-order valence-electron chi connectivity index (χ4n) is 4.09. The quantitative estimate of drug-likeness (QED) is 0.811. The van der Waals surface area contributed by atoms with E-state index in [0.29, 0.717) is 31.0 Å². The molecule has 3 saturated carbocycles. The van der Waals surface area contributed by atoms with Crippen molar-refractivity contribution in [3.63, 3.8) is 0 Å². The van der Waals surface area contributed by atoms with Gasteiger partial charge in [-0.3, -0.25) is 4.79 Å². The number of hydrogen-bond acceptors (Lipinski definition) is 2. The van der Waals surface area contributed by atoms with Crippen LogP contribution in [0.15, 0.2) is 0 Å². The van der Waals surface area contributed by atoms with E-state index >= 15 is 0 Å². The molecule has 3 fully saturated rings. The highest BCUT2D eigenvalue weighted by Crippen LogP contribution is 2.43. The minimum Gasteiger partial charge on any atom is -0.337 e. The van der Waals surface area contributed by atoms with E-state index in [1.165, 1.54) is 44.9 Å². The van der Waals surface area contributed by atoms with E-state index < -0.39 is 0 Å². The van der Waals surface area contributed by atoms with Gasteiger partial charge in [0.2, 0.25) is 5.91 Å². The minimum atomic E-state index is 0.117. The van der Waals surface area contributed by atoms with Gasteiger partial charge >= 0.3 is 0 Å². The lowest BCUT2D eigenvalue weighted by molar-refractivity contribution is -0.137. The van der Waals surface area contributed by atoms with Crippen LogP contribution in [0.2, 0.25) is 0 Å². The molecule has 114 valence electrons. The zero-order chi connectivity index (χ0) is 14.2. The second kappa shape index (κ2) is 5.67. The van der Waals surface area contributed by atoms with Crippen LogP contribution in [0.3, 0.4) is 0 Å². The van der Waals surface area contributed by atoms with E-state index in [1.807, 2.05) is 0 Å². The highest BCUT2D eigenvalue weighted by molar-refractivity contribution is 5.78. The Kier molecular flexibility index (Phi) is 4.07. The van der Waals surface area contributed by atoms with Gasteiger partial charge in [-0.15, -0.1) is 0 Å². The molecule has 3 rings (SSSR count). The first-order chi connectivity index (χ1) is 9.65. The first-order valence-electron chi connectivity index (χ1n) is 8.66. The molecule has 0 aliphatic heterocycles. The maximum absolute atomic E-state index is 12.9. The molecule has 1 atom stereocenters. The Hall–Kier alpha value is -0.570. The molecule has 2 N–H and O–H groups in total. The monoisotopic (exact) mass is 278 g/mol. The molecule has 0 aromatic carbocycles. The van der Waals surface area contributed by atoms with E-state index in [-0.39, 0.29) is 5.41 Å². The van der Waals surface area contributed by atoms with E-state index in [2.05, 4.69) is 11.8 Å². The molecule has 0 saturated heterocycles. The van der Waals surface area contributed by atoms with Gasteiger partial charge in [0, 0.05) is 18.5 Å². The summed E-state index contributed by atoms with van der Waals surface area (Å²) in [7, 11) is 0. The van der Waals surface area contributed by atoms with Gasteiger partial charge in [-0.2, -0.15) is 0 Å². The third-order valence-electron chi connectivity index (χ3n) is 5.84. The number of carbonyl (C=O) groups is 1. The molecule has 3 aliphatic rings. The van der Waals surface area contributed by atoms with Crippen LogP contribution in [0, 0.1) is 11.3 Å². The van der Waals surface area contributed by atoms with Crippen LogP contribution in [0.4, 0.5) is 0 Å². The smallest absolute Gasteiger partial charge is 0.223 e. The Bertz CT molecular complexity index is 354. The Labute approximate surface area is 123 Å². The van der Waals surface area contributed by atoms with Gasteiger partial charge in [0.1, 0.15) is 0 Å². The van der Waals surface area contributed by atoms with Gasteiger partial charge in [-0.05, 0) is 63.3 Å². The number of amides is 1. The standard InChI is InChI=1S/C17H30N2O/c1-13(14-5-6-14)19(15-7-8-15)16(20)11-17(12-18)9-3-2-4-10-17/h13-15H,2-12,18H2,1H3. The topological polar surface area (TPSA) is 46.3 Å². The normalized spacial score (nSPS) is 27.1. The average molecular weight is 278 g/mol. The Morgan fingerprint density at radius 3 is 2.35 bits per heavy atom.